The largest absolute Gasteiger partial charge is 1.00 e. The number of hydrogen-bond donors (Lipinski definition) is 1. The molecule has 0 heterocycles. The van der Waals surface area contributed by atoms with Crippen LogP contribution in [-0.4, -0.2) is 18.2 Å². The summed E-state index contributed by atoms with van der Waals surface area (Å²) in [4.78, 5) is 11.3. The van der Waals surface area contributed by atoms with Crippen molar-refractivity contribution in [3.63, 3.8) is 0 Å². The molecule has 0 aliphatic heterocycles. The zero-order valence-corrected chi connectivity index (χ0v) is 22.1. The molecule has 4 aliphatic carbocycles. The molecule has 4 fully saturated rings. The standard InChI is InChI=1S/C28H28O3.K.H/c1-31-26-7-6-23(21-2-3-22-12-24(27(29)30)5-4-20(22)11-21)13-25(26)28-14-17-8-18(15-28)10-19(9-17)16-28;;/h2-7,11-13,17-19H,8-10,14-16H2,1H3,(H,29,30);;/q;+1;-1. The van der Waals surface area contributed by atoms with Crippen LogP contribution in [-0.2, 0) is 5.41 Å². The van der Waals surface area contributed by atoms with Gasteiger partial charge in [0.05, 0.1) is 12.7 Å². The molecular weight excluding hydrogens is 423 g/mol. The molecule has 1 N–H and O–H groups in total. The first-order valence-corrected chi connectivity index (χ1v) is 11.5. The van der Waals surface area contributed by atoms with E-state index < -0.39 is 5.97 Å². The Hall–Kier alpha value is -1.17. The minimum absolute atomic E-state index is 0. The summed E-state index contributed by atoms with van der Waals surface area (Å²) >= 11 is 0. The fourth-order valence-electron chi connectivity index (χ4n) is 7.30. The minimum Gasteiger partial charge on any atom is -1.00 e. The van der Waals surface area contributed by atoms with Gasteiger partial charge in [0, 0.05) is 5.56 Å². The van der Waals surface area contributed by atoms with Gasteiger partial charge < -0.3 is 11.3 Å². The minimum atomic E-state index is -0.888. The van der Waals surface area contributed by atoms with Crippen LogP contribution >= 0.6 is 0 Å². The summed E-state index contributed by atoms with van der Waals surface area (Å²) in [5.74, 6) is 2.83. The van der Waals surface area contributed by atoms with Gasteiger partial charge in [-0.1, -0.05) is 24.3 Å². The molecule has 0 spiro atoms. The molecule has 160 valence electrons. The second-order valence-electron chi connectivity index (χ2n) is 10.2. The molecule has 0 unspecified atom stereocenters. The average Bonchev–Trinajstić information content (AvgIpc) is 2.77. The molecular formula is C28H29KO3. The maximum Gasteiger partial charge on any atom is 1.00 e. The van der Waals surface area contributed by atoms with E-state index in [-0.39, 0.29) is 58.2 Å². The van der Waals surface area contributed by atoms with Gasteiger partial charge in [-0.15, -0.1) is 0 Å². The predicted molar refractivity (Wildman–Crippen MR) is 124 cm³/mol. The molecule has 32 heavy (non-hydrogen) atoms. The summed E-state index contributed by atoms with van der Waals surface area (Å²) in [6, 6.07) is 18.4. The van der Waals surface area contributed by atoms with Gasteiger partial charge in [-0.25, -0.2) is 4.79 Å². The molecule has 3 aromatic carbocycles. The Kier molecular flexibility index (Phi) is 6.04. The molecule has 7 rings (SSSR count). The summed E-state index contributed by atoms with van der Waals surface area (Å²) in [5, 5.41) is 11.3. The third-order valence-electron chi connectivity index (χ3n) is 8.23. The van der Waals surface area contributed by atoms with Crippen LogP contribution in [0.4, 0.5) is 0 Å². The number of hydrogen-bond acceptors (Lipinski definition) is 2. The van der Waals surface area contributed by atoms with Crippen molar-refractivity contribution in [1.29, 1.82) is 0 Å². The molecule has 0 radical (unpaired) electrons. The van der Waals surface area contributed by atoms with Crippen molar-refractivity contribution < 1.29 is 67.4 Å². The summed E-state index contributed by atoms with van der Waals surface area (Å²) in [6.07, 6.45) is 8.25. The second-order valence-corrected chi connectivity index (χ2v) is 10.2. The van der Waals surface area contributed by atoms with Crippen LogP contribution in [0.25, 0.3) is 21.9 Å². The van der Waals surface area contributed by atoms with Gasteiger partial charge in [0.25, 0.3) is 0 Å². The molecule has 3 nitrogen and oxygen atoms in total. The van der Waals surface area contributed by atoms with Crippen LogP contribution < -0.4 is 56.1 Å². The zero-order chi connectivity index (χ0) is 21.2. The first-order chi connectivity index (χ1) is 15.0. The number of fused-ring (bicyclic) bond motifs is 1. The van der Waals surface area contributed by atoms with Crippen LogP contribution in [0, 0.1) is 17.8 Å². The van der Waals surface area contributed by atoms with Crippen molar-refractivity contribution in [2.75, 3.05) is 7.11 Å². The van der Waals surface area contributed by atoms with Crippen molar-refractivity contribution in [3.05, 3.63) is 65.7 Å². The van der Waals surface area contributed by atoms with E-state index in [9.17, 15) is 9.90 Å². The van der Waals surface area contributed by atoms with Gasteiger partial charge in [0.1, 0.15) is 5.75 Å². The number of benzene rings is 3. The SMILES string of the molecule is COc1ccc(-c2ccc3cc(C(=O)O)ccc3c2)cc1C12CC3CC(CC(C3)C1)C2.[H-].[K+]. The topological polar surface area (TPSA) is 46.5 Å². The van der Waals surface area contributed by atoms with Crippen molar-refractivity contribution in [3.8, 4) is 16.9 Å². The van der Waals surface area contributed by atoms with Gasteiger partial charge in [-0.2, -0.15) is 0 Å². The van der Waals surface area contributed by atoms with Crippen LogP contribution in [0.5, 0.6) is 5.75 Å². The number of ether oxygens (including phenoxy) is 1. The monoisotopic (exact) mass is 452 g/mol. The fourth-order valence-corrected chi connectivity index (χ4v) is 7.30. The summed E-state index contributed by atoms with van der Waals surface area (Å²) in [7, 11) is 1.80. The van der Waals surface area contributed by atoms with Crippen molar-refractivity contribution in [2.24, 2.45) is 17.8 Å². The molecule has 3 aromatic rings. The van der Waals surface area contributed by atoms with E-state index in [1.165, 1.54) is 55.2 Å². The van der Waals surface area contributed by atoms with Gasteiger partial charge in [0.2, 0.25) is 0 Å². The van der Waals surface area contributed by atoms with Crippen molar-refractivity contribution in [1.82, 2.24) is 0 Å². The molecule has 0 amide bonds. The number of methoxy groups -OCH3 is 1. The molecule has 4 bridgehead atoms. The van der Waals surface area contributed by atoms with Crippen molar-refractivity contribution in [2.45, 2.75) is 43.9 Å². The van der Waals surface area contributed by atoms with Gasteiger partial charge in [-0.05, 0) is 114 Å². The molecule has 4 saturated carbocycles. The Labute approximate surface area is 233 Å². The average molecular weight is 453 g/mol. The Bertz CT molecular complexity index is 1170. The number of carboxylic acids is 1. The summed E-state index contributed by atoms with van der Waals surface area (Å²) in [6.45, 7) is 0. The van der Waals surface area contributed by atoms with E-state index >= 15 is 0 Å². The number of carboxylic acid groups (broad SMARTS) is 1. The van der Waals surface area contributed by atoms with Crippen LogP contribution in [0.1, 0.15) is 55.9 Å². The van der Waals surface area contributed by atoms with E-state index in [0.717, 1.165) is 34.3 Å². The molecule has 0 saturated heterocycles. The summed E-state index contributed by atoms with van der Waals surface area (Å²) < 4.78 is 5.88. The van der Waals surface area contributed by atoms with Crippen LogP contribution in [0.2, 0.25) is 0 Å². The Balaban J connectivity index is 0.00000130. The predicted octanol–water partition coefficient (Wildman–Crippen LogP) is 3.80. The Morgan fingerprint density at radius 1 is 0.875 bits per heavy atom. The van der Waals surface area contributed by atoms with E-state index in [2.05, 4.69) is 30.3 Å². The molecule has 0 aromatic heterocycles. The quantitative estimate of drug-likeness (QED) is 0.613. The maximum absolute atomic E-state index is 11.3. The van der Waals surface area contributed by atoms with E-state index in [4.69, 9.17) is 4.74 Å². The first kappa shape index (κ1) is 22.6. The van der Waals surface area contributed by atoms with Crippen LogP contribution in [0.15, 0.2) is 54.6 Å². The van der Waals surface area contributed by atoms with E-state index in [0.29, 0.717) is 5.56 Å². The fraction of sp³-hybridized carbons (Fsp3) is 0.393. The second kappa shape index (κ2) is 8.55. The molecule has 4 aliphatic rings. The van der Waals surface area contributed by atoms with Crippen LogP contribution in [0.3, 0.4) is 0 Å². The third kappa shape index (κ3) is 3.78. The number of rotatable bonds is 4. The number of carbonyl (C=O) groups is 1. The first-order valence-electron chi connectivity index (χ1n) is 11.5. The number of aromatic carboxylic acids is 1. The van der Waals surface area contributed by atoms with Crippen molar-refractivity contribution >= 4 is 16.7 Å². The van der Waals surface area contributed by atoms with Gasteiger partial charge in [0.15, 0.2) is 0 Å². The zero-order valence-electron chi connectivity index (χ0n) is 19.9. The van der Waals surface area contributed by atoms with E-state index in [1.54, 1.807) is 19.2 Å². The van der Waals surface area contributed by atoms with Gasteiger partial charge >= 0.3 is 57.4 Å². The third-order valence-corrected chi connectivity index (χ3v) is 8.23. The smallest absolute Gasteiger partial charge is 1.00 e. The molecule has 0 atom stereocenters. The summed E-state index contributed by atoms with van der Waals surface area (Å²) in [5.41, 5.74) is 4.41. The van der Waals surface area contributed by atoms with E-state index in [1.807, 2.05) is 12.1 Å². The Morgan fingerprint density at radius 3 is 2.06 bits per heavy atom. The van der Waals surface area contributed by atoms with Gasteiger partial charge in [-0.3, -0.25) is 0 Å². The normalized spacial score (nSPS) is 27.8. The molecule has 4 heteroatoms. The maximum atomic E-state index is 11.3. The Morgan fingerprint density at radius 2 is 1.44 bits per heavy atom.